The normalized spacial score (nSPS) is 12.8. The Bertz CT molecular complexity index is 289. The van der Waals surface area contributed by atoms with Crippen LogP contribution in [0.2, 0.25) is 0 Å². The Morgan fingerprint density at radius 2 is 1.39 bits per heavy atom. The number of allylic oxidation sites excluding steroid dienone is 2. The van der Waals surface area contributed by atoms with Crippen LogP contribution in [0.15, 0.2) is 12.2 Å². The standard InChI is InChI=1S/C20H39NO2/c1-2-3-4-5-6-7-8-9-10-11-12-13-14-15-16-19(17-18-21)20(22)23/h9-10,19H,2-8,11-18,21H2,1H3,(H,22,23). The molecular formula is C20H39NO2. The van der Waals surface area contributed by atoms with Gasteiger partial charge in [0.2, 0.25) is 0 Å². The first-order chi connectivity index (χ1) is 11.2. The number of rotatable bonds is 17. The number of hydrogen-bond acceptors (Lipinski definition) is 2. The topological polar surface area (TPSA) is 63.3 Å². The van der Waals surface area contributed by atoms with E-state index >= 15 is 0 Å². The monoisotopic (exact) mass is 325 g/mol. The quantitative estimate of drug-likeness (QED) is 0.267. The molecule has 0 aromatic carbocycles. The van der Waals surface area contributed by atoms with E-state index in [0.717, 1.165) is 19.3 Å². The van der Waals surface area contributed by atoms with Crippen molar-refractivity contribution < 1.29 is 9.90 Å². The molecule has 0 fully saturated rings. The van der Waals surface area contributed by atoms with Crippen LogP contribution in [-0.4, -0.2) is 17.6 Å². The molecule has 1 atom stereocenters. The second-order valence-corrected chi connectivity index (χ2v) is 6.63. The van der Waals surface area contributed by atoms with Crippen molar-refractivity contribution in [2.45, 2.75) is 96.8 Å². The number of carboxylic acid groups (broad SMARTS) is 1. The Morgan fingerprint density at radius 1 is 0.870 bits per heavy atom. The summed E-state index contributed by atoms with van der Waals surface area (Å²) in [6, 6.07) is 0. The molecule has 3 heteroatoms. The largest absolute Gasteiger partial charge is 0.481 e. The molecule has 1 unspecified atom stereocenters. The van der Waals surface area contributed by atoms with Crippen molar-refractivity contribution >= 4 is 5.97 Å². The van der Waals surface area contributed by atoms with Gasteiger partial charge in [0.05, 0.1) is 5.92 Å². The number of aliphatic carboxylic acids is 1. The molecule has 0 heterocycles. The van der Waals surface area contributed by atoms with Crippen LogP contribution in [0.4, 0.5) is 0 Å². The second kappa shape index (κ2) is 17.5. The molecule has 0 spiro atoms. The lowest BCUT2D eigenvalue weighted by molar-refractivity contribution is -0.142. The molecule has 0 saturated carbocycles. The van der Waals surface area contributed by atoms with Crippen molar-refractivity contribution in [1.29, 1.82) is 0 Å². The lowest BCUT2D eigenvalue weighted by Gasteiger charge is -2.10. The van der Waals surface area contributed by atoms with Gasteiger partial charge >= 0.3 is 5.97 Å². The first kappa shape index (κ1) is 22.2. The van der Waals surface area contributed by atoms with Crippen LogP contribution in [0.1, 0.15) is 96.8 Å². The molecule has 0 aromatic rings. The van der Waals surface area contributed by atoms with Crippen LogP contribution in [0, 0.1) is 5.92 Å². The fourth-order valence-electron chi connectivity index (χ4n) is 2.88. The third-order valence-electron chi connectivity index (χ3n) is 4.43. The summed E-state index contributed by atoms with van der Waals surface area (Å²) in [5, 5.41) is 9.04. The van der Waals surface area contributed by atoms with Crippen molar-refractivity contribution in [1.82, 2.24) is 0 Å². The molecule has 3 N–H and O–H groups in total. The van der Waals surface area contributed by atoms with Crippen LogP contribution in [0.3, 0.4) is 0 Å². The van der Waals surface area contributed by atoms with Crippen molar-refractivity contribution in [2.75, 3.05) is 6.54 Å². The van der Waals surface area contributed by atoms with Crippen LogP contribution in [0.25, 0.3) is 0 Å². The molecule has 0 aromatic heterocycles. The number of unbranched alkanes of at least 4 members (excludes halogenated alkanes) is 10. The Kier molecular flexibility index (Phi) is 16.9. The van der Waals surface area contributed by atoms with E-state index in [1.54, 1.807) is 0 Å². The number of nitrogens with two attached hydrogens (primary N) is 1. The van der Waals surface area contributed by atoms with Crippen molar-refractivity contribution in [3.8, 4) is 0 Å². The predicted octanol–water partition coefficient (Wildman–Crippen LogP) is 5.68. The third-order valence-corrected chi connectivity index (χ3v) is 4.43. The first-order valence-electron chi connectivity index (χ1n) is 9.80. The second-order valence-electron chi connectivity index (χ2n) is 6.63. The first-order valence-corrected chi connectivity index (χ1v) is 9.80. The fraction of sp³-hybridized carbons (Fsp3) is 0.850. The third kappa shape index (κ3) is 15.8. The lowest BCUT2D eigenvalue weighted by atomic mass is 9.97. The van der Waals surface area contributed by atoms with E-state index in [4.69, 9.17) is 10.8 Å². The summed E-state index contributed by atoms with van der Waals surface area (Å²) in [6.07, 6.45) is 21.2. The summed E-state index contributed by atoms with van der Waals surface area (Å²) in [4.78, 5) is 11.0. The zero-order chi connectivity index (χ0) is 17.2. The fourth-order valence-corrected chi connectivity index (χ4v) is 2.88. The number of carbonyl (C=O) groups is 1. The highest BCUT2D eigenvalue weighted by molar-refractivity contribution is 5.69. The summed E-state index contributed by atoms with van der Waals surface area (Å²) >= 11 is 0. The smallest absolute Gasteiger partial charge is 0.306 e. The van der Waals surface area contributed by atoms with Gasteiger partial charge in [0.25, 0.3) is 0 Å². The van der Waals surface area contributed by atoms with Gasteiger partial charge in [-0.15, -0.1) is 0 Å². The van der Waals surface area contributed by atoms with E-state index in [0.29, 0.717) is 13.0 Å². The zero-order valence-electron chi connectivity index (χ0n) is 15.3. The van der Waals surface area contributed by atoms with Gasteiger partial charge in [-0.25, -0.2) is 0 Å². The van der Waals surface area contributed by atoms with E-state index in [-0.39, 0.29) is 5.92 Å². The van der Waals surface area contributed by atoms with Crippen LogP contribution < -0.4 is 5.73 Å². The van der Waals surface area contributed by atoms with Gasteiger partial charge in [-0.05, 0) is 45.1 Å². The average Bonchev–Trinajstić information content (AvgIpc) is 2.54. The van der Waals surface area contributed by atoms with Gasteiger partial charge < -0.3 is 10.8 Å². The van der Waals surface area contributed by atoms with Gasteiger partial charge in [0.15, 0.2) is 0 Å². The van der Waals surface area contributed by atoms with Gasteiger partial charge in [-0.3, -0.25) is 4.79 Å². The SMILES string of the molecule is CCCCCCCCC=CCCCCCCC(CCN)C(=O)O. The van der Waals surface area contributed by atoms with Gasteiger partial charge in [0.1, 0.15) is 0 Å². The van der Waals surface area contributed by atoms with Gasteiger partial charge in [-0.2, -0.15) is 0 Å². The summed E-state index contributed by atoms with van der Waals surface area (Å²) in [6.45, 7) is 2.73. The van der Waals surface area contributed by atoms with E-state index in [1.165, 1.54) is 64.2 Å². The molecule has 0 rings (SSSR count). The predicted molar refractivity (Wildman–Crippen MR) is 99.6 cm³/mol. The summed E-state index contributed by atoms with van der Waals surface area (Å²) < 4.78 is 0. The lowest BCUT2D eigenvalue weighted by Crippen LogP contribution is -2.17. The van der Waals surface area contributed by atoms with E-state index in [2.05, 4.69) is 19.1 Å². The maximum absolute atomic E-state index is 11.0. The molecule has 0 amide bonds. The summed E-state index contributed by atoms with van der Waals surface area (Å²) in [5.74, 6) is -0.926. The molecule has 3 nitrogen and oxygen atoms in total. The van der Waals surface area contributed by atoms with Crippen molar-refractivity contribution in [2.24, 2.45) is 11.7 Å². The molecule has 0 radical (unpaired) electrons. The molecule has 136 valence electrons. The highest BCUT2D eigenvalue weighted by atomic mass is 16.4. The summed E-state index contributed by atoms with van der Waals surface area (Å²) in [5.41, 5.74) is 5.45. The van der Waals surface area contributed by atoms with Gasteiger partial charge in [-0.1, -0.05) is 70.4 Å². The Balaban J connectivity index is 3.32. The minimum Gasteiger partial charge on any atom is -0.481 e. The maximum Gasteiger partial charge on any atom is 0.306 e. The highest BCUT2D eigenvalue weighted by Gasteiger charge is 2.15. The number of hydrogen-bond donors (Lipinski definition) is 2. The van der Waals surface area contributed by atoms with Crippen LogP contribution >= 0.6 is 0 Å². The van der Waals surface area contributed by atoms with Crippen LogP contribution in [0.5, 0.6) is 0 Å². The highest BCUT2D eigenvalue weighted by Crippen LogP contribution is 2.15. The Morgan fingerprint density at radius 3 is 1.91 bits per heavy atom. The molecule has 0 aliphatic rings. The van der Waals surface area contributed by atoms with E-state index < -0.39 is 5.97 Å². The van der Waals surface area contributed by atoms with E-state index in [1.807, 2.05) is 0 Å². The van der Waals surface area contributed by atoms with Crippen molar-refractivity contribution in [3.63, 3.8) is 0 Å². The number of carboxylic acids is 1. The minimum atomic E-state index is -0.687. The zero-order valence-corrected chi connectivity index (χ0v) is 15.3. The average molecular weight is 326 g/mol. The van der Waals surface area contributed by atoms with Crippen molar-refractivity contribution in [3.05, 3.63) is 12.2 Å². The van der Waals surface area contributed by atoms with Crippen LogP contribution in [-0.2, 0) is 4.79 Å². The van der Waals surface area contributed by atoms with Gasteiger partial charge in [0, 0.05) is 0 Å². The van der Waals surface area contributed by atoms with E-state index in [9.17, 15) is 4.79 Å². The summed E-state index contributed by atoms with van der Waals surface area (Å²) in [7, 11) is 0. The molecule has 0 aliphatic heterocycles. The maximum atomic E-state index is 11.0. The minimum absolute atomic E-state index is 0.239. The molecular weight excluding hydrogens is 286 g/mol. The molecule has 0 saturated heterocycles. The molecule has 0 aliphatic carbocycles. The molecule has 23 heavy (non-hydrogen) atoms. The Labute approximate surface area is 143 Å². The Hall–Kier alpha value is -0.830. The molecule has 0 bridgehead atoms.